The van der Waals surface area contributed by atoms with Gasteiger partial charge in [-0.2, -0.15) is 35.1 Å². The van der Waals surface area contributed by atoms with Gasteiger partial charge in [-0.3, -0.25) is 0 Å². The SMILES string of the molecule is C=CCOC(=O)C(OCC(F)(F)S(=O)(=O)[O-])(OC(=O)C(=C)C(F)(F)F)C(F)(F)F. The van der Waals surface area contributed by atoms with Crippen LogP contribution in [0.4, 0.5) is 35.1 Å². The van der Waals surface area contributed by atoms with E-state index < -0.39 is 64.2 Å². The van der Waals surface area contributed by atoms with Crippen molar-refractivity contribution in [2.75, 3.05) is 13.2 Å². The summed E-state index contributed by atoms with van der Waals surface area (Å²) in [6.45, 7) is 0.831. The molecule has 0 aliphatic rings. The Morgan fingerprint density at radius 3 is 1.86 bits per heavy atom. The summed E-state index contributed by atoms with van der Waals surface area (Å²) in [5.74, 6) is -11.2. The van der Waals surface area contributed by atoms with Gasteiger partial charge in [0.15, 0.2) is 10.1 Å². The molecule has 0 amide bonds. The second-order valence-corrected chi connectivity index (χ2v) is 6.25. The second kappa shape index (κ2) is 8.62. The molecule has 0 aromatic rings. The zero-order chi connectivity index (χ0) is 23.5. The van der Waals surface area contributed by atoms with E-state index in [4.69, 9.17) is 0 Å². The highest BCUT2D eigenvalue weighted by atomic mass is 32.2. The van der Waals surface area contributed by atoms with E-state index >= 15 is 0 Å². The molecule has 0 aliphatic carbocycles. The topological polar surface area (TPSA) is 119 Å². The van der Waals surface area contributed by atoms with Gasteiger partial charge in [-0.25, -0.2) is 18.0 Å². The normalized spacial score (nSPS) is 15.2. The smallest absolute Gasteiger partial charge is 0.468 e. The van der Waals surface area contributed by atoms with Crippen molar-refractivity contribution in [3.05, 3.63) is 24.8 Å². The molecule has 168 valence electrons. The van der Waals surface area contributed by atoms with Crippen molar-refractivity contribution in [2.24, 2.45) is 0 Å². The average Bonchev–Trinajstić information content (AvgIpc) is 2.52. The van der Waals surface area contributed by atoms with Gasteiger partial charge in [-0.1, -0.05) is 19.2 Å². The largest absolute Gasteiger partial charge is 0.743 e. The van der Waals surface area contributed by atoms with Crippen molar-refractivity contribution in [1.82, 2.24) is 0 Å². The van der Waals surface area contributed by atoms with Crippen molar-refractivity contribution in [3.8, 4) is 0 Å². The third-order valence-electron chi connectivity index (χ3n) is 2.61. The zero-order valence-corrected chi connectivity index (χ0v) is 14.4. The number of carbonyl (C=O) groups excluding carboxylic acids is 2. The van der Waals surface area contributed by atoms with E-state index in [1.54, 1.807) is 0 Å². The number of alkyl halides is 8. The molecule has 0 N–H and O–H groups in total. The minimum Gasteiger partial charge on any atom is -0.743 e. The summed E-state index contributed by atoms with van der Waals surface area (Å²) in [7, 11) is -6.66. The molecule has 0 bridgehead atoms. The number of hydrogen-bond donors (Lipinski definition) is 0. The van der Waals surface area contributed by atoms with E-state index in [1.807, 2.05) is 0 Å². The summed E-state index contributed by atoms with van der Waals surface area (Å²) in [6, 6.07) is 0. The molecule has 0 saturated heterocycles. The molecule has 8 nitrogen and oxygen atoms in total. The summed E-state index contributed by atoms with van der Waals surface area (Å²) in [6.07, 6.45) is -11.5. The lowest BCUT2D eigenvalue weighted by Gasteiger charge is -2.33. The van der Waals surface area contributed by atoms with Crippen molar-refractivity contribution in [2.45, 2.75) is 23.4 Å². The van der Waals surface area contributed by atoms with Crippen LogP contribution < -0.4 is 0 Å². The predicted octanol–water partition coefficient (Wildman–Crippen LogP) is 1.79. The maximum atomic E-state index is 13.3. The molecule has 0 saturated carbocycles. The highest BCUT2D eigenvalue weighted by Crippen LogP contribution is 2.39. The van der Waals surface area contributed by atoms with Crippen LogP contribution in [0.5, 0.6) is 0 Å². The van der Waals surface area contributed by atoms with Crippen LogP contribution in [-0.2, 0) is 33.9 Å². The van der Waals surface area contributed by atoms with E-state index in [0.717, 1.165) is 0 Å². The van der Waals surface area contributed by atoms with Crippen LogP contribution in [0.2, 0.25) is 0 Å². The van der Waals surface area contributed by atoms with Crippen molar-refractivity contribution in [3.63, 3.8) is 0 Å². The molecule has 0 rings (SSSR count). The summed E-state index contributed by atoms with van der Waals surface area (Å²) in [5, 5.41) is -5.62. The maximum absolute atomic E-state index is 13.3. The molecule has 1 unspecified atom stereocenters. The fourth-order valence-electron chi connectivity index (χ4n) is 1.18. The molecule has 17 heteroatoms. The number of hydrogen-bond acceptors (Lipinski definition) is 8. The first-order valence-corrected chi connectivity index (χ1v) is 7.95. The van der Waals surface area contributed by atoms with Gasteiger partial charge in [0.05, 0.1) is 0 Å². The first kappa shape index (κ1) is 26.7. The fraction of sp³-hybridized carbons (Fsp3) is 0.500. The number of halogens is 8. The molecule has 1 atom stereocenters. The maximum Gasteiger partial charge on any atom is 0.468 e. The molecular formula is C12H9F8O8S-. The average molecular weight is 465 g/mol. The molecule has 0 spiro atoms. The first-order valence-electron chi connectivity index (χ1n) is 6.54. The van der Waals surface area contributed by atoms with Gasteiger partial charge < -0.3 is 18.8 Å². The Balaban J connectivity index is 6.30. The van der Waals surface area contributed by atoms with Gasteiger partial charge in [0.2, 0.25) is 0 Å². The van der Waals surface area contributed by atoms with Crippen LogP contribution in [0.3, 0.4) is 0 Å². The van der Waals surface area contributed by atoms with Crippen LogP contribution in [0.15, 0.2) is 24.8 Å². The molecule has 0 aromatic heterocycles. The number of rotatable bonds is 9. The predicted molar refractivity (Wildman–Crippen MR) is 71.8 cm³/mol. The molecule has 0 radical (unpaired) electrons. The van der Waals surface area contributed by atoms with Gasteiger partial charge in [-0.15, -0.1) is 0 Å². The minimum atomic E-state index is -6.66. The Kier molecular flexibility index (Phi) is 7.94. The van der Waals surface area contributed by atoms with Crippen molar-refractivity contribution in [1.29, 1.82) is 0 Å². The quantitative estimate of drug-likeness (QED) is 0.126. The Bertz CT molecular complexity index is 770. The third-order valence-corrected chi connectivity index (χ3v) is 3.46. The fourth-order valence-corrected chi connectivity index (χ4v) is 1.38. The monoisotopic (exact) mass is 465 g/mol. The Hall–Kier alpha value is -2.27. The Morgan fingerprint density at radius 2 is 1.52 bits per heavy atom. The van der Waals surface area contributed by atoms with E-state index in [9.17, 15) is 57.7 Å². The molecule has 0 fully saturated rings. The minimum absolute atomic E-state index is 0.617. The molecular weight excluding hydrogens is 456 g/mol. The molecule has 29 heavy (non-hydrogen) atoms. The third kappa shape index (κ3) is 6.36. The van der Waals surface area contributed by atoms with E-state index in [2.05, 4.69) is 27.4 Å². The lowest BCUT2D eigenvalue weighted by molar-refractivity contribution is -0.360. The number of carbonyl (C=O) groups is 2. The summed E-state index contributed by atoms with van der Waals surface area (Å²) < 4.78 is 145. The van der Waals surface area contributed by atoms with Crippen LogP contribution >= 0.6 is 0 Å². The second-order valence-electron chi connectivity index (χ2n) is 4.75. The van der Waals surface area contributed by atoms with E-state index in [1.165, 1.54) is 0 Å². The molecule has 0 heterocycles. The standard InChI is InChI=1S/C12H10F8O8S/c1-3-4-26-8(22)10(12(18,19)20,27-5-9(13,14)29(23,24)25)28-7(21)6(2)11(15,16)17/h3H,1-2,4-5H2,(H,23,24,25)/p-1. The first-order chi connectivity index (χ1) is 12.7. The van der Waals surface area contributed by atoms with Crippen LogP contribution in [-0.4, -0.2) is 61.5 Å². The van der Waals surface area contributed by atoms with E-state index in [0.29, 0.717) is 6.08 Å². The summed E-state index contributed by atoms with van der Waals surface area (Å²) >= 11 is 0. The number of ether oxygens (including phenoxy) is 3. The van der Waals surface area contributed by atoms with E-state index in [-0.39, 0.29) is 0 Å². The summed E-state index contributed by atoms with van der Waals surface area (Å²) in [4.78, 5) is 23.0. The Labute approximate surface area is 156 Å². The van der Waals surface area contributed by atoms with Gasteiger partial charge in [0, 0.05) is 0 Å². The lowest BCUT2D eigenvalue weighted by Crippen LogP contribution is -2.60. The van der Waals surface area contributed by atoms with Crippen LogP contribution in [0.25, 0.3) is 0 Å². The molecule has 0 aromatic carbocycles. The van der Waals surface area contributed by atoms with Crippen LogP contribution in [0.1, 0.15) is 0 Å². The highest BCUT2D eigenvalue weighted by molar-refractivity contribution is 7.86. The van der Waals surface area contributed by atoms with Gasteiger partial charge in [0.25, 0.3) is 0 Å². The zero-order valence-electron chi connectivity index (χ0n) is 13.6. The van der Waals surface area contributed by atoms with Gasteiger partial charge >= 0.3 is 35.3 Å². The van der Waals surface area contributed by atoms with Gasteiger partial charge in [0.1, 0.15) is 18.8 Å². The van der Waals surface area contributed by atoms with Crippen LogP contribution in [0, 0.1) is 0 Å². The van der Waals surface area contributed by atoms with Crippen molar-refractivity contribution >= 4 is 22.1 Å². The van der Waals surface area contributed by atoms with Gasteiger partial charge in [-0.05, 0) is 0 Å². The highest BCUT2D eigenvalue weighted by Gasteiger charge is 2.69. The van der Waals surface area contributed by atoms with Crippen molar-refractivity contribution < 1.29 is 71.9 Å². The molecule has 0 aliphatic heterocycles. The summed E-state index contributed by atoms with van der Waals surface area (Å²) in [5.41, 5.74) is -2.62. The Morgan fingerprint density at radius 1 is 1.03 bits per heavy atom. The number of esters is 2. The lowest BCUT2D eigenvalue weighted by atomic mass is 10.2.